The van der Waals surface area contributed by atoms with Crippen LogP contribution >= 0.6 is 27.5 Å². The maximum absolute atomic E-state index is 12.1. The van der Waals surface area contributed by atoms with Gasteiger partial charge in [0.1, 0.15) is 0 Å². The average Bonchev–Trinajstić information content (AvgIpc) is 2.60. The summed E-state index contributed by atoms with van der Waals surface area (Å²) in [4.78, 5) is 12.1. The van der Waals surface area contributed by atoms with Crippen molar-refractivity contribution in [1.82, 2.24) is 5.32 Å². The third kappa shape index (κ3) is 8.83. The highest BCUT2D eigenvalue weighted by Gasteiger charge is 2.18. The number of nitrogens with one attached hydrogen (secondary N) is 1. The van der Waals surface area contributed by atoms with Crippen LogP contribution in [0.15, 0.2) is 22.7 Å². The van der Waals surface area contributed by atoms with E-state index in [1.54, 1.807) is 18.2 Å². The molecule has 0 spiro atoms. The maximum Gasteiger partial charge on any atom is 0.232 e. The number of nitrogens with zero attached hydrogens (tertiary/aromatic N) is 1. The summed E-state index contributed by atoms with van der Waals surface area (Å²) in [6.07, 6.45) is 6.40. The number of halogens is 2. The molecule has 0 saturated carbocycles. The number of rotatable bonds is 12. The van der Waals surface area contributed by atoms with Crippen LogP contribution in [0, 0.1) is 5.92 Å². The van der Waals surface area contributed by atoms with Crippen molar-refractivity contribution in [2.24, 2.45) is 5.92 Å². The number of hydrogen-bond acceptors (Lipinski definition) is 3. The summed E-state index contributed by atoms with van der Waals surface area (Å²) in [5, 5.41) is 3.42. The van der Waals surface area contributed by atoms with Crippen LogP contribution in [0.3, 0.4) is 0 Å². The first-order valence-corrected chi connectivity index (χ1v) is 12.4. The first kappa shape index (κ1) is 24.2. The Morgan fingerprint density at radius 2 is 2.00 bits per heavy atom. The van der Waals surface area contributed by atoms with Crippen LogP contribution in [0.1, 0.15) is 52.4 Å². The molecular formula is C19H30BrClN2O3S. The second-order valence-corrected chi connectivity index (χ2v) is 9.93. The molecule has 1 rings (SSSR count). The van der Waals surface area contributed by atoms with Gasteiger partial charge >= 0.3 is 0 Å². The molecule has 0 saturated heterocycles. The standard InChI is InChI=1S/C19H30BrClN2O3S/c1-4-6-8-15(5-2)14-22-19(24)9-7-12-23(27(3,25)26)16-10-11-17(20)18(21)13-16/h10-11,13,15H,4-9,12,14H2,1-3H3,(H,22,24)/t15-/m1/s1. The number of carbonyl (C=O) groups is 1. The molecule has 1 aromatic rings. The molecule has 0 unspecified atom stereocenters. The molecule has 0 bridgehead atoms. The monoisotopic (exact) mass is 480 g/mol. The Morgan fingerprint density at radius 3 is 2.56 bits per heavy atom. The fourth-order valence-corrected chi connectivity index (χ4v) is 4.18. The Hall–Kier alpha value is -0.790. The Morgan fingerprint density at radius 1 is 1.30 bits per heavy atom. The van der Waals surface area contributed by atoms with E-state index in [-0.39, 0.29) is 12.5 Å². The molecular weight excluding hydrogens is 452 g/mol. The minimum Gasteiger partial charge on any atom is -0.356 e. The van der Waals surface area contributed by atoms with E-state index in [1.807, 2.05) is 0 Å². The zero-order chi connectivity index (χ0) is 20.4. The van der Waals surface area contributed by atoms with E-state index < -0.39 is 10.0 Å². The molecule has 154 valence electrons. The largest absolute Gasteiger partial charge is 0.356 e. The second kappa shape index (κ2) is 11.9. The van der Waals surface area contributed by atoms with Gasteiger partial charge in [0.25, 0.3) is 0 Å². The molecule has 0 radical (unpaired) electrons. The number of benzene rings is 1. The Labute approximate surface area is 177 Å². The highest BCUT2D eigenvalue weighted by Crippen LogP contribution is 2.28. The number of anilines is 1. The van der Waals surface area contributed by atoms with Crippen molar-refractivity contribution in [3.8, 4) is 0 Å². The number of amides is 1. The molecule has 1 amide bonds. The van der Waals surface area contributed by atoms with Crippen LogP contribution in [0.5, 0.6) is 0 Å². The Balaban J connectivity index is 2.57. The van der Waals surface area contributed by atoms with E-state index in [9.17, 15) is 13.2 Å². The fourth-order valence-electron chi connectivity index (χ4n) is 2.80. The van der Waals surface area contributed by atoms with Gasteiger partial charge in [-0.1, -0.05) is 44.7 Å². The molecule has 1 atom stereocenters. The van der Waals surface area contributed by atoms with Crippen molar-refractivity contribution in [1.29, 1.82) is 0 Å². The molecule has 0 aliphatic heterocycles. The van der Waals surface area contributed by atoms with Gasteiger partial charge in [0.15, 0.2) is 0 Å². The molecule has 8 heteroatoms. The number of unbranched alkanes of at least 4 members (excludes halogenated alkanes) is 1. The highest BCUT2D eigenvalue weighted by molar-refractivity contribution is 9.10. The third-order valence-electron chi connectivity index (χ3n) is 4.49. The summed E-state index contributed by atoms with van der Waals surface area (Å²) in [6, 6.07) is 5.01. The topological polar surface area (TPSA) is 66.5 Å². The quantitative estimate of drug-likeness (QED) is 0.458. The number of carbonyl (C=O) groups excluding carboxylic acids is 1. The van der Waals surface area contributed by atoms with Gasteiger partial charge in [-0.15, -0.1) is 0 Å². The normalized spacial score (nSPS) is 12.6. The van der Waals surface area contributed by atoms with Crippen LogP contribution in [0.25, 0.3) is 0 Å². The summed E-state index contributed by atoms with van der Waals surface area (Å²) >= 11 is 9.38. The predicted octanol–water partition coefficient (Wildman–Crippen LogP) is 4.98. The highest BCUT2D eigenvalue weighted by atomic mass is 79.9. The first-order valence-electron chi connectivity index (χ1n) is 9.38. The van der Waals surface area contributed by atoms with E-state index in [0.717, 1.165) is 25.5 Å². The number of hydrogen-bond donors (Lipinski definition) is 1. The summed E-state index contributed by atoms with van der Waals surface area (Å²) in [5.41, 5.74) is 0.497. The van der Waals surface area contributed by atoms with Crippen molar-refractivity contribution in [2.45, 2.75) is 52.4 Å². The summed E-state index contributed by atoms with van der Waals surface area (Å²) < 4.78 is 26.2. The molecule has 1 aromatic carbocycles. The smallest absolute Gasteiger partial charge is 0.232 e. The lowest BCUT2D eigenvalue weighted by Crippen LogP contribution is -2.33. The molecule has 1 N–H and O–H groups in total. The van der Waals surface area contributed by atoms with E-state index >= 15 is 0 Å². The molecule has 27 heavy (non-hydrogen) atoms. The molecule has 0 aromatic heterocycles. The zero-order valence-electron chi connectivity index (χ0n) is 16.3. The zero-order valence-corrected chi connectivity index (χ0v) is 19.5. The molecule has 5 nitrogen and oxygen atoms in total. The van der Waals surface area contributed by atoms with Gasteiger partial charge in [-0.2, -0.15) is 0 Å². The molecule has 0 aliphatic carbocycles. The van der Waals surface area contributed by atoms with Crippen molar-refractivity contribution >= 4 is 49.1 Å². The minimum atomic E-state index is -3.46. The van der Waals surface area contributed by atoms with Crippen molar-refractivity contribution < 1.29 is 13.2 Å². The van der Waals surface area contributed by atoms with Crippen LogP contribution in [-0.4, -0.2) is 33.7 Å². The lowest BCUT2D eigenvalue weighted by Gasteiger charge is -2.23. The van der Waals surface area contributed by atoms with Gasteiger partial charge in [0, 0.05) is 24.0 Å². The second-order valence-electron chi connectivity index (χ2n) is 6.76. The summed E-state index contributed by atoms with van der Waals surface area (Å²) in [7, 11) is -3.46. The van der Waals surface area contributed by atoms with Crippen LogP contribution < -0.4 is 9.62 Å². The Kier molecular flexibility index (Phi) is 10.7. The summed E-state index contributed by atoms with van der Waals surface area (Å²) in [6.45, 7) is 5.22. The van der Waals surface area contributed by atoms with Gasteiger partial charge in [-0.3, -0.25) is 9.10 Å². The lowest BCUT2D eigenvalue weighted by atomic mass is 9.99. The van der Waals surface area contributed by atoms with Crippen molar-refractivity contribution in [3.63, 3.8) is 0 Å². The van der Waals surface area contributed by atoms with Gasteiger partial charge in [0.05, 0.1) is 17.0 Å². The van der Waals surface area contributed by atoms with Crippen LogP contribution in [0.2, 0.25) is 5.02 Å². The Bertz CT molecular complexity index is 713. The van der Waals surface area contributed by atoms with Crippen LogP contribution in [0.4, 0.5) is 5.69 Å². The van der Waals surface area contributed by atoms with Crippen molar-refractivity contribution in [2.75, 3.05) is 23.7 Å². The van der Waals surface area contributed by atoms with E-state index in [1.165, 1.54) is 10.7 Å². The minimum absolute atomic E-state index is 0.0350. The van der Waals surface area contributed by atoms with Gasteiger partial charge in [-0.05, 0) is 52.9 Å². The van der Waals surface area contributed by atoms with Crippen molar-refractivity contribution in [3.05, 3.63) is 27.7 Å². The van der Waals surface area contributed by atoms with E-state index in [2.05, 4.69) is 35.1 Å². The van der Waals surface area contributed by atoms with E-state index in [0.29, 0.717) is 40.5 Å². The predicted molar refractivity (Wildman–Crippen MR) is 117 cm³/mol. The van der Waals surface area contributed by atoms with Crippen LogP contribution in [-0.2, 0) is 14.8 Å². The first-order chi connectivity index (χ1) is 12.7. The summed E-state index contributed by atoms with van der Waals surface area (Å²) in [5.74, 6) is 0.471. The SMILES string of the molecule is CCCC[C@@H](CC)CNC(=O)CCCN(c1ccc(Br)c(Cl)c1)S(C)(=O)=O. The van der Waals surface area contributed by atoms with Gasteiger partial charge in [-0.25, -0.2) is 8.42 Å². The van der Waals surface area contributed by atoms with E-state index in [4.69, 9.17) is 11.6 Å². The molecule has 0 fully saturated rings. The van der Waals surface area contributed by atoms with Gasteiger partial charge < -0.3 is 5.32 Å². The third-order valence-corrected chi connectivity index (χ3v) is 6.91. The molecule has 0 aliphatic rings. The lowest BCUT2D eigenvalue weighted by molar-refractivity contribution is -0.121. The maximum atomic E-state index is 12.1. The fraction of sp³-hybridized carbons (Fsp3) is 0.632. The molecule has 0 heterocycles. The number of sulfonamides is 1. The van der Waals surface area contributed by atoms with Gasteiger partial charge in [0.2, 0.25) is 15.9 Å². The average molecular weight is 482 g/mol.